The number of hydrogen-bond acceptors (Lipinski definition) is 2. The summed E-state index contributed by atoms with van der Waals surface area (Å²) >= 11 is 0. The quantitative estimate of drug-likeness (QED) is 0.462. The van der Waals surface area contributed by atoms with E-state index in [9.17, 15) is 4.79 Å². The van der Waals surface area contributed by atoms with Gasteiger partial charge in [0.05, 0.1) is 6.42 Å². The summed E-state index contributed by atoms with van der Waals surface area (Å²) < 4.78 is 0. The fourth-order valence-corrected chi connectivity index (χ4v) is 1.08. The molecule has 0 saturated heterocycles. The Morgan fingerprint density at radius 1 is 1.31 bits per heavy atom. The first-order chi connectivity index (χ1) is 6.16. The fraction of sp³-hybridized carbons (Fsp3) is 0.800. The first-order valence-corrected chi connectivity index (χ1v) is 4.97. The van der Waals surface area contributed by atoms with Crippen LogP contribution in [0.25, 0.3) is 0 Å². The van der Waals surface area contributed by atoms with Crippen molar-refractivity contribution in [2.45, 2.75) is 46.0 Å². The number of nitrogens with one attached hydrogen (secondary N) is 2. The molecule has 0 spiro atoms. The van der Waals surface area contributed by atoms with Crippen molar-refractivity contribution in [2.24, 2.45) is 0 Å². The molecule has 0 aliphatic rings. The molecule has 0 aliphatic carbocycles. The van der Waals surface area contributed by atoms with Crippen LogP contribution in [0.5, 0.6) is 0 Å². The Morgan fingerprint density at radius 3 is 2.54 bits per heavy atom. The van der Waals surface area contributed by atoms with Crippen molar-refractivity contribution in [1.29, 1.82) is 5.41 Å². The van der Waals surface area contributed by atoms with Crippen LogP contribution in [0.2, 0.25) is 0 Å². The lowest BCUT2D eigenvalue weighted by molar-refractivity contribution is -0.119. The predicted octanol–water partition coefficient (Wildman–Crippen LogP) is 2.11. The molecule has 0 aliphatic heterocycles. The maximum atomic E-state index is 11.0. The molecule has 13 heavy (non-hydrogen) atoms. The van der Waals surface area contributed by atoms with Gasteiger partial charge < -0.3 is 10.7 Å². The van der Waals surface area contributed by atoms with Crippen molar-refractivity contribution in [2.75, 3.05) is 6.54 Å². The SMILES string of the molecule is CCCCCCNC(=O)CC(C)=N. The Morgan fingerprint density at radius 2 is 2.00 bits per heavy atom. The summed E-state index contributed by atoms with van der Waals surface area (Å²) in [6.45, 7) is 4.57. The van der Waals surface area contributed by atoms with Gasteiger partial charge in [-0.3, -0.25) is 4.79 Å². The van der Waals surface area contributed by atoms with Crippen molar-refractivity contribution in [3.8, 4) is 0 Å². The van der Waals surface area contributed by atoms with Gasteiger partial charge in [-0.15, -0.1) is 0 Å². The van der Waals surface area contributed by atoms with Crippen LogP contribution < -0.4 is 5.32 Å². The van der Waals surface area contributed by atoms with Crippen LogP contribution in [0.3, 0.4) is 0 Å². The lowest BCUT2D eigenvalue weighted by Gasteiger charge is -2.03. The maximum Gasteiger partial charge on any atom is 0.225 e. The summed E-state index contributed by atoms with van der Waals surface area (Å²) in [6.07, 6.45) is 4.93. The summed E-state index contributed by atoms with van der Waals surface area (Å²) in [5.74, 6) is -0.0241. The first kappa shape index (κ1) is 12.1. The molecular weight excluding hydrogens is 164 g/mol. The molecule has 0 unspecified atom stereocenters. The monoisotopic (exact) mass is 184 g/mol. The maximum absolute atomic E-state index is 11.0. The van der Waals surface area contributed by atoms with E-state index in [1.165, 1.54) is 19.3 Å². The van der Waals surface area contributed by atoms with Gasteiger partial charge in [0.2, 0.25) is 5.91 Å². The van der Waals surface area contributed by atoms with E-state index in [1.807, 2.05) is 0 Å². The molecular formula is C10H20N2O. The molecule has 1 amide bonds. The molecule has 0 bridgehead atoms. The largest absolute Gasteiger partial charge is 0.356 e. The third kappa shape index (κ3) is 9.05. The molecule has 2 N–H and O–H groups in total. The first-order valence-electron chi connectivity index (χ1n) is 4.97. The molecule has 0 aromatic heterocycles. The van der Waals surface area contributed by atoms with Gasteiger partial charge in [-0.25, -0.2) is 0 Å². The predicted molar refractivity (Wildman–Crippen MR) is 55.2 cm³/mol. The zero-order chi connectivity index (χ0) is 10.1. The summed E-state index contributed by atoms with van der Waals surface area (Å²) in [5, 5.41) is 9.90. The number of unbranched alkanes of at least 4 members (excludes halogenated alkanes) is 3. The normalized spacial score (nSPS) is 9.69. The zero-order valence-corrected chi connectivity index (χ0v) is 8.65. The highest BCUT2D eigenvalue weighted by molar-refractivity contribution is 5.98. The second kappa shape index (κ2) is 7.77. The molecule has 0 heterocycles. The van der Waals surface area contributed by atoms with Gasteiger partial charge in [0.1, 0.15) is 0 Å². The smallest absolute Gasteiger partial charge is 0.225 e. The van der Waals surface area contributed by atoms with E-state index in [4.69, 9.17) is 5.41 Å². The van der Waals surface area contributed by atoms with Gasteiger partial charge in [-0.1, -0.05) is 26.2 Å². The number of carbonyl (C=O) groups is 1. The van der Waals surface area contributed by atoms with Crippen molar-refractivity contribution < 1.29 is 4.79 Å². The zero-order valence-electron chi connectivity index (χ0n) is 8.65. The standard InChI is InChI=1S/C10H20N2O/c1-3-4-5-6-7-12-10(13)8-9(2)11/h11H,3-8H2,1-2H3,(H,12,13). The number of amides is 1. The Hall–Kier alpha value is -0.860. The van der Waals surface area contributed by atoms with Crippen LogP contribution in [0.4, 0.5) is 0 Å². The van der Waals surface area contributed by atoms with E-state index < -0.39 is 0 Å². The molecule has 3 heteroatoms. The number of carbonyl (C=O) groups excluding carboxylic acids is 1. The molecule has 0 atom stereocenters. The average Bonchev–Trinajstić information content (AvgIpc) is 2.02. The van der Waals surface area contributed by atoms with Crippen LogP contribution in [0.1, 0.15) is 46.0 Å². The second-order valence-corrected chi connectivity index (χ2v) is 3.37. The van der Waals surface area contributed by atoms with Gasteiger partial charge in [-0.2, -0.15) is 0 Å². The van der Waals surface area contributed by atoms with Gasteiger partial charge in [0, 0.05) is 12.3 Å². The van der Waals surface area contributed by atoms with Gasteiger partial charge in [0.15, 0.2) is 0 Å². The number of hydrogen-bond donors (Lipinski definition) is 2. The average molecular weight is 184 g/mol. The molecule has 0 saturated carbocycles. The summed E-state index contributed by atoms with van der Waals surface area (Å²) in [7, 11) is 0. The minimum atomic E-state index is -0.0241. The highest BCUT2D eigenvalue weighted by Gasteiger charge is 2.00. The van der Waals surface area contributed by atoms with E-state index in [1.54, 1.807) is 6.92 Å². The fourth-order valence-electron chi connectivity index (χ4n) is 1.08. The molecule has 0 radical (unpaired) electrons. The van der Waals surface area contributed by atoms with Gasteiger partial charge >= 0.3 is 0 Å². The van der Waals surface area contributed by atoms with Crippen molar-refractivity contribution in [3.05, 3.63) is 0 Å². The molecule has 0 fully saturated rings. The Labute approximate surface area is 80.4 Å². The van der Waals surface area contributed by atoms with Crippen LogP contribution in [-0.4, -0.2) is 18.2 Å². The Balaban J connectivity index is 3.22. The van der Waals surface area contributed by atoms with Crippen molar-refractivity contribution >= 4 is 11.6 Å². The van der Waals surface area contributed by atoms with E-state index in [0.717, 1.165) is 13.0 Å². The third-order valence-corrected chi connectivity index (χ3v) is 1.78. The third-order valence-electron chi connectivity index (χ3n) is 1.78. The number of rotatable bonds is 7. The summed E-state index contributed by atoms with van der Waals surface area (Å²) in [6, 6.07) is 0. The van der Waals surface area contributed by atoms with Crippen LogP contribution in [0, 0.1) is 5.41 Å². The molecule has 0 aromatic rings. The Bertz CT molecular complexity index is 166. The minimum Gasteiger partial charge on any atom is -0.356 e. The highest BCUT2D eigenvalue weighted by atomic mass is 16.1. The van der Waals surface area contributed by atoms with E-state index >= 15 is 0 Å². The lowest BCUT2D eigenvalue weighted by Crippen LogP contribution is -2.25. The highest BCUT2D eigenvalue weighted by Crippen LogP contribution is 1.97. The van der Waals surface area contributed by atoms with Crippen LogP contribution in [0.15, 0.2) is 0 Å². The molecule has 3 nitrogen and oxygen atoms in total. The molecule has 0 aromatic carbocycles. The summed E-state index contributed by atoms with van der Waals surface area (Å²) in [5.41, 5.74) is 0.422. The van der Waals surface area contributed by atoms with Crippen LogP contribution >= 0.6 is 0 Å². The van der Waals surface area contributed by atoms with Gasteiger partial charge in [0.25, 0.3) is 0 Å². The Kier molecular flexibility index (Phi) is 7.26. The van der Waals surface area contributed by atoms with E-state index in [-0.39, 0.29) is 12.3 Å². The topological polar surface area (TPSA) is 53.0 Å². The van der Waals surface area contributed by atoms with Crippen LogP contribution in [-0.2, 0) is 4.79 Å². The molecule has 0 rings (SSSR count). The van der Waals surface area contributed by atoms with Gasteiger partial charge in [-0.05, 0) is 13.3 Å². The molecule has 76 valence electrons. The van der Waals surface area contributed by atoms with Crippen molar-refractivity contribution in [3.63, 3.8) is 0 Å². The van der Waals surface area contributed by atoms with Crippen molar-refractivity contribution in [1.82, 2.24) is 5.32 Å². The lowest BCUT2D eigenvalue weighted by atomic mass is 10.2. The summed E-state index contributed by atoms with van der Waals surface area (Å²) in [4.78, 5) is 11.0. The van der Waals surface area contributed by atoms with E-state index in [2.05, 4.69) is 12.2 Å². The van der Waals surface area contributed by atoms with E-state index in [0.29, 0.717) is 5.71 Å². The second-order valence-electron chi connectivity index (χ2n) is 3.37. The minimum absolute atomic E-state index is 0.0241.